The monoisotopic (exact) mass is 277 g/mol. The van der Waals surface area contributed by atoms with Gasteiger partial charge in [-0.3, -0.25) is 4.98 Å². The number of cyclic esters (lactones) is 1. The van der Waals surface area contributed by atoms with Crippen molar-refractivity contribution in [1.82, 2.24) is 15.2 Å². The Labute approximate surface area is 120 Å². The normalized spacial score (nSPS) is 16.6. The van der Waals surface area contributed by atoms with Gasteiger partial charge in [-0.15, -0.1) is 0 Å². The number of hydrogen-bond acceptors (Lipinski definition) is 4. The van der Waals surface area contributed by atoms with Gasteiger partial charge in [0.15, 0.2) is 0 Å². The first-order valence-corrected chi connectivity index (χ1v) is 7.16. The van der Waals surface area contributed by atoms with Crippen LogP contribution in [-0.4, -0.2) is 42.2 Å². The molecule has 1 aliphatic heterocycles. The molecule has 1 aliphatic rings. The van der Waals surface area contributed by atoms with Gasteiger partial charge in [0.05, 0.1) is 18.3 Å². The molecule has 2 heterocycles. The molecule has 1 atom stereocenters. The SMILES string of the molecule is Cc1cccnc1[C@@H](NCCN1CCOC1=O)C(C)C. The summed E-state index contributed by atoms with van der Waals surface area (Å²) in [4.78, 5) is 17.6. The molecule has 1 aromatic heterocycles. The molecule has 0 saturated carbocycles. The fourth-order valence-electron chi connectivity index (χ4n) is 2.46. The van der Waals surface area contributed by atoms with Crippen molar-refractivity contribution < 1.29 is 9.53 Å². The lowest BCUT2D eigenvalue weighted by Crippen LogP contribution is -2.36. The zero-order chi connectivity index (χ0) is 14.5. The largest absolute Gasteiger partial charge is 0.448 e. The maximum Gasteiger partial charge on any atom is 0.409 e. The predicted molar refractivity (Wildman–Crippen MR) is 77.5 cm³/mol. The van der Waals surface area contributed by atoms with E-state index in [1.54, 1.807) is 4.90 Å². The van der Waals surface area contributed by atoms with Crippen molar-refractivity contribution in [3.8, 4) is 0 Å². The van der Waals surface area contributed by atoms with E-state index in [-0.39, 0.29) is 12.1 Å². The Kier molecular flexibility index (Phi) is 4.95. The van der Waals surface area contributed by atoms with Crippen molar-refractivity contribution >= 4 is 6.09 Å². The quantitative estimate of drug-likeness (QED) is 0.865. The second-order valence-electron chi connectivity index (χ2n) is 5.48. The van der Waals surface area contributed by atoms with Crippen LogP contribution in [0.5, 0.6) is 0 Å². The minimum Gasteiger partial charge on any atom is -0.448 e. The van der Waals surface area contributed by atoms with E-state index in [2.05, 4.69) is 37.1 Å². The third kappa shape index (κ3) is 3.48. The minimum atomic E-state index is -0.207. The fraction of sp³-hybridized carbons (Fsp3) is 0.600. The highest BCUT2D eigenvalue weighted by molar-refractivity contribution is 5.69. The van der Waals surface area contributed by atoms with E-state index in [0.29, 0.717) is 25.6 Å². The molecule has 0 aliphatic carbocycles. The van der Waals surface area contributed by atoms with Crippen LogP contribution in [0.2, 0.25) is 0 Å². The summed E-state index contributed by atoms with van der Waals surface area (Å²) in [6, 6.07) is 4.24. The Bertz CT molecular complexity index is 462. The fourth-order valence-corrected chi connectivity index (χ4v) is 2.46. The molecule has 5 heteroatoms. The highest BCUT2D eigenvalue weighted by Gasteiger charge is 2.23. The highest BCUT2D eigenvalue weighted by Crippen LogP contribution is 2.22. The number of pyridine rings is 1. The average molecular weight is 277 g/mol. The molecule has 1 saturated heterocycles. The summed E-state index contributed by atoms with van der Waals surface area (Å²) in [6.45, 7) is 9.05. The van der Waals surface area contributed by atoms with E-state index >= 15 is 0 Å². The molecule has 0 spiro atoms. The van der Waals surface area contributed by atoms with Crippen molar-refractivity contribution in [1.29, 1.82) is 0 Å². The number of hydrogen-bond donors (Lipinski definition) is 1. The number of nitrogens with zero attached hydrogens (tertiary/aromatic N) is 2. The number of aromatic nitrogens is 1. The Morgan fingerprint density at radius 1 is 1.50 bits per heavy atom. The van der Waals surface area contributed by atoms with Gasteiger partial charge in [0.25, 0.3) is 0 Å². The van der Waals surface area contributed by atoms with Crippen LogP contribution in [-0.2, 0) is 4.74 Å². The lowest BCUT2D eigenvalue weighted by atomic mass is 9.97. The van der Waals surface area contributed by atoms with E-state index in [4.69, 9.17) is 4.74 Å². The molecule has 0 bridgehead atoms. The number of rotatable bonds is 6. The van der Waals surface area contributed by atoms with Crippen LogP contribution in [0.4, 0.5) is 4.79 Å². The zero-order valence-corrected chi connectivity index (χ0v) is 12.4. The topological polar surface area (TPSA) is 54.5 Å². The number of ether oxygens (including phenoxy) is 1. The smallest absolute Gasteiger partial charge is 0.409 e. The van der Waals surface area contributed by atoms with E-state index in [1.165, 1.54) is 5.56 Å². The Morgan fingerprint density at radius 2 is 2.30 bits per heavy atom. The summed E-state index contributed by atoms with van der Waals surface area (Å²) in [6.07, 6.45) is 1.62. The lowest BCUT2D eigenvalue weighted by molar-refractivity contribution is 0.158. The van der Waals surface area contributed by atoms with Gasteiger partial charge in [-0.25, -0.2) is 4.79 Å². The number of carbonyl (C=O) groups excluding carboxylic acids is 1. The summed E-state index contributed by atoms with van der Waals surface area (Å²) in [5.41, 5.74) is 2.28. The Balaban J connectivity index is 1.93. The molecule has 2 rings (SSSR count). The van der Waals surface area contributed by atoms with Crippen LogP contribution in [0.3, 0.4) is 0 Å². The number of aryl methyl sites for hydroxylation is 1. The lowest BCUT2D eigenvalue weighted by Gasteiger charge is -2.24. The van der Waals surface area contributed by atoms with E-state index in [1.807, 2.05) is 12.3 Å². The summed E-state index contributed by atoms with van der Waals surface area (Å²) >= 11 is 0. The number of amides is 1. The molecule has 1 fully saturated rings. The van der Waals surface area contributed by atoms with Crippen molar-refractivity contribution in [2.45, 2.75) is 26.8 Å². The van der Waals surface area contributed by atoms with Gasteiger partial charge in [-0.1, -0.05) is 19.9 Å². The molecule has 5 nitrogen and oxygen atoms in total. The molecule has 0 aromatic carbocycles. The molecule has 1 N–H and O–H groups in total. The van der Waals surface area contributed by atoms with Crippen molar-refractivity contribution in [2.75, 3.05) is 26.2 Å². The molecular formula is C15H23N3O2. The van der Waals surface area contributed by atoms with Crippen molar-refractivity contribution in [3.63, 3.8) is 0 Å². The Hall–Kier alpha value is -1.62. The van der Waals surface area contributed by atoms with E-state index in [0.717, 1.165) is 12.2 Å². The molecule has 0 unspecified atom stereocenters. The predicted octanol–water partition coefficient (Wildman–Crippen LogP) is 2.13. The first-order valence-electron chi connectivity index (χ1n) is 7.16. The maximum absolute atomic E-state index is 11.4. The third-order valence-electron chi connectivity index (χ3n) is 3.60. The highest BCUT2D eigenvalue weighted by atomic mass is 16.6. The standard InChI is InChI=1S/C15H23N3O2/c1-11(2)13(14-12(3)5-4-6-16-14)17-7-8-18-9-10-20-15(18)19/h4-6,11,13,17H,7-10H2,1-3H3/t13-/m0/s1. The van der Waals surface area contributed by atoms with Crippen LogP contribution in [0.25, 0.3) is 0 Å². The first kappa shape index (κ1) is 14.8. The molecule has 0 radical (unpaired) electrons. The number of carbonyl (C=O) groups is 1. The van der Waals surface area contributed by atoms with Crippen LogP contribution in [0.15, 0.2) is 18.3 Å². The van der Waals surface area contributed by atoms with Crippen LogP contribution < -0.4 is 5.32 Å². The summed E-state index contributed by atoms with van der Waals surface area (Å²) < 4.78 is 4.92. The molecule has 20 heavy (non-hydrogen) atoms. The van der Waals surface area contributed by atoms with Crippen molar-refractivity contribution in [3.05, 3.63) is 29.6 Å². The first-order chi connectivity index (χ1) is 9.59. The van der Waals surface area contributed by atoms with Gasteiger partial charge in [-0.2, -0.15) is 0 Å². The van der Waals surface area contributed by atoms with Gasteiger partial charge in [-0.05, 0) is 24.5 Å². The molecule has 110 valence electrons. The van der Waals surface area contributed by atoms with E-state index in [9.17, 15) is 4.79 Å². The van der Waals surface area contributed by atoms with Crippen molar-refractivity contribution in [2.24, 2.45) is 5.92 Å². The average Bonchev–Trinajstić information content (AvgIpc) is 2.81. The molecule has 1 aromatic rings. The third-order valence-corrected chi connectivity index (χ3v) is 3.60. The Morgan fingerprint density at radius 3 is 2.90 bits per heavy atom. The number of nitrogens with one attached hydrogen (secondary N) is 1. The second-order valence-corrected chi connectivity index (χ2v) is 5.48. The van der Waals surface area contributed by atoms with Gasteiger partial charge in [0.2, 0.25) is 0 Å². The van der Waals surface area contributed by atoms with Gasteiger partial charge < -0.3 is 15.0 Å². The van der Waals surface area contributed by atoms with E-state index < -0.39 is 0 Å². The maximum atomic E-state index is 11.4. The summed E-state index contributed by atoms with van der Waals surface area (Å²) in [7, 11) is 0. The van der Waals surface area contributed by atoms with Crippen LogP contribution >= 0.6 is 0 Å². The van der Waals surface area contributed by atoms with Crippen LogP contribution in [0.1, 0.15) is 31.1 Å². The van der Waals surface area contributed by atoms with Gasteiger partial charge >= 0.3 is 6.09 Å². The summed E-state index contributed by atoms with van der Waals surface area (Å²) in [5, 5.41) is 3.51. The van der Waals surface area contributed by atoms with Gasteiger partial charge in [0.1, 0.15) is 6.61 Å². The van der Waals surface area contributed by atoms with Gasteiger partial charge in [0, 0.05) is 19.3 Å². The zero-order valence-electron chi connectivity index (χ0n) is 12.4. The molecular weight excluding hydrogens is 254 g/mol. The minimum absolute atomic E-state index is 0.204. The molecule has 1 amide bonds. The summed E-state index contributed by atoms with van der Waals surface area (Å²) in [5.74, 6) is 0.439. The second kappa shape index (κ2) is 6.70. The van der Waals surface area contributed by atoms with Crippen LogP contribution in [0, 0.1) is 12.8 Å².